The second-order valence-corrected chi connectivity index (χ2v) is 9.21. The number of fused-ring (bicyclic) bond motifs is 1. The van der Waals surface area contributed by atoms with E-state index >= 15 is 0 Å². The van der Waals surface area contributed by atoms with Gasteiger partial charge in [0.05, 0.1) is 22.9 Å². The van der Waals surface area contributed by atoms with Gasteiger partial charge < -0.3 is 0 Å². The van der Waals surface area contributed by atoms with Crippen molar-refractivity contribution < 1.29 is 8.42 Å². The summed E-state index contributed by atoms with van der Waals surface area (Å²) in [6, 6.07) is 31.2. The minimum Gasteiger partial charge on any atom is -0.207 e. The van der Waals surface area contributed by atoms with Gasteiger partial charge in [-0.2, -0.15) is 5.26 Å². The number of nitrogens with one attached hydrogen (secondary N) is 1. The molecule has 0 amide bonds. The van der Waals surface area contributed by atoms with E-state index < -0.39 is 22.0 Å². The molecule has 154 valence electrons. The molecule has 0 bridgehead atoms. The summed E-state index contributed by atoms with van der Waals surface area (Å²) in [7, 11) is -3.84. The third kappa shape index (κ3) is 4.36. The summed E-state index contributed by atoms with van der Waals surface area (Å²) >= 11 is 0. The molecule has 4 rings (SSSR count). The molecule has 2 atom stereocenters. The van der Waals surface area contributed by atoms with E-state index in [0.717, 1.165) is 27.5 Å². The molecule has 0 fully saturated rings. The molecule has 0 spiro atoms. The molecule has 0 aliphatic rings. The third-order valence-corrected chi connectivity index (χ3v) is 6.86. The number of hydrogen-bond acceptors (Lipinski definition) is 3. The Labute approximate surface area is 182 Å². The predicted molar refractivity (Wildman–Crippen MR) is 123 cm³/mol. The molecule has 4 aromatic carbocycles. The van der Waals surface area contributed by atoms with Crippen molar-refractivity contribution in [2.24, 2.45) is 0 Å². The molecule has 0 heterocycles. The molecule has 0 aromatic heterocycles. The zero-order chi connectivity index (χ0) is 21.8. The molecule has 0 aliphatic carbocycles. The molecular formula is C26H22N2O2S. The Morgan fingerprint density at radius 2 is 1.45 bits per heavy atom. The molecule has 0 unspecified atom stereocenters. The highest BCUT2D eigenvalue weighted by Crippen LogP contribution is 2.35. The van der Waals surface area contributed by atoms with E-state index in [-0.39, 0.29) is 4.90 Å². The van der Waals surface area contributed by atoms with Gasteiger partial charge in [-0.3, -0.25) is 0 Å². The molecule has 4 nitrogen and oxygen atoms in total. The van der Waals surface area contributed by atoms with E-state index in [1.54, 1.807) is 24.3 Å². The fraction of sp³-hybridized carbons (Fsp3) is 0.115. The first-order chi connectivity index (χ1) is 15.0. The van der Waals surface area contributed by atoms with Crippen LogP contribution < -0.4 is 4.72 Å². The van der Waals surface area contributed by atoms with Gasteiger partial charge in [-0.15, -0.1) is 0 Å². The van der Waals surface area contributed by atoms with Crippen LogP contribution >= 0.6 is 0 Å². The van der Waals surface area contributed by atoms with Gasteiger partial charge in [-0.1, -0.05) is 90.5 Å². The highest BCUT2D eigenvalue weighted by molar-refractivity contribution is 7.89. The Kier molecular flexibility index (Phi) is 5.85. The van der Waals surface area contributed by atoms with E-state index in [2.05, 4.69) is 10.8 Å². The number of nitrogens with zero attached hydrogens (tertiary/aromatic N) is 1. The SMILES string of the molecule is Cc1ccc(S(=O)(=O)N[C@@H](c2ccccc2)[C@H](C#N)c2cccc3ccccc23)cc1. The summed E-state index contributed by atoms with van der Waals surface area (Å²) < 4.78 is 29.3. The van der Waals surface area contributed by atoms with Crippen LogP contribution in [0, 0.1) is 18.3 Å². The zero-order valence-corrected chi connectivity index (χ0v) is 17.9. The van der Waals surface area contributed by atoms with Crippen LogP contribution in [-0.2, 0) is 10.0 Å². The van der Waals surface area contributed by atoms with Gasteiger partial charge in [0.15, 0.2) is 0 Å². The van der Waals surface area contributed by atoms with Gasteiger partial charge in [-0.25, -0.2) is 13.1 Å². The first-order valence-electron chi connectivity index (χ1n) is 10.0. The van der Waals surface area contributed by atoms with Crippen LogP contribution in [0.2, 0.25) is 0 Å². The largest absolute Gasteiger partial charge is 0.241 e. The minimum atomic E-state index is -3.84. The fourth-order valence-electron chi connectivity index (χ4n) is 3.79. The second-order valence-electron chi connectivity index (χ2n) is 7.50. The molecular weight excluding hydrogens is 404 g/mol. The number of benzene rings is 4. The average Bonchev–Trinajstić information content (AvgIpc) is 2.80. The Morgan fingerprint density at radius 3 is 2.16 bits per heavy atom. The van der Waals surface area contributed by atoms with E-state index in [1.165, 1.54) is 0 Å². The van der Waals surface area contributed by atoms with Crippen LogP contribution in [0.4, 0.5) is 0 Å². The van der Waals surface area contributed by atoms with Crippen molar-refractivity contribution in [1.29, 1.82) is 5.26 Å². The number of aryl methyl sites for hydroxylation is 1. The first kappa shape index (κ1) is 20.8. The molecule has 4 aromatic rings. The molecule has 31 heavy (non-hydrogen) atoms. The predicted octanol–water partition coefficient (Wildman–Crippen LogP) is 5.48. The highest BCUT2D eigenvalue weighted by atomic mass is 32.2. The molecule has 0 aliphatic heterocycles. The van der Waals surface area contributed by atoms with Gasteiger partial charge in [0.2, 0.25) is 10.0 Å². The fourth-order valence-corrected chi connectivity index (χ4v) is 5.02. The average molecular weight is 427 g/mol. The molecule has 1 N–H and O–H groups in total. The Morgan fingerprint density at radius 1 is 0.806 bits per heavy atom. The highest BCUT2D eigenvalue weighted by Gasteiger charge is 2.30. The van der Waals surface area contributed by atoms with Gasteiger partial charge in [0.25, 0.3) is 0 Å². The van der Waals surface area contributed by atoms with Crippen LogP contribution in [0.3, 0.4) is 0 Å². The van der Waals surface area contributed by atoms with E-state index in [9.17, 15) is 13.7 Å². The van der Waals surface area contributed by atoms with Gasteiger partial charge in [-0.05, 0) is 41.0 Å². The third-order valence-electron chi connectivity index (χ3n) is 5.40. The minimum absolute atomic E-state index is 0.175. The summed E-state index contributed by atoms with van der Waals surface area (Å²) in [5, 5.41) is 12.1. The first-order valence-corrected chi connectivity index (χ1v) is 11.5. The van der Waals surface area contributed by atoms with E-state index in [1.807, 2.05) is 79.7 Å². The quantitative estimate of drug-likeness (QED) is 0.444. The van der Waals surface area contributed by atoms with Crippen molar-refractivity contribution in [3.63, 3.8) is 0 Å². The van der Waals surface area contributed by atoms with E-state index in [4.69, 9.17) is 0 Å². The normalized spacial score (nSPS) is 13.4. The number of rotatable bonds is 6. The molecule has 0 saturated carbocycles. The molecule has 5 heteroatoms. The topological polar surface area (TPSA) is 70.0 Å². The van der Waals surface area contributed by atoms with Gasteiger partial charge >= 0.3 is 0 Å². The van der Waals surface area contributed by atoms with Crippen LogP contribution in [-0.4, -0.2) is 8.42 Å². The Hall–Kier alpha value is -3.46. The molecule has 0 radical (unpaired) electrons. The summed E-state index contributed by atoms with van der Waals surface area (Å²) in [5.74, 6) is -0.714. The number of hydrogen-bond donors (Lipinski definition) is 1. The van der Waals surface area contributed by atoms with Crippen LogP contribution in [0.1, 0.15) is 28.7 Å². The van der Waals surface area contributed by atoms with E-state index in [0.29, 0.717) is 0 Å². The lowest BCUT2D eigenvalue weighted by Crippen LogP contribution is -2.32. The van der Waals surface area contributed by atoms with Crippen molar-refractivity contribution in [1.82, 2.24) is 4.72 Å². The maximum absolute atomic E-state index is 13.2. The van der Waals surface area contributed by atoms with Crippen molar-refractivity contribution in [3.8, 4) is 6.07 Å². The zero-order valence-electron chi connectivity index (χ0n) is 17.1. The standard InChI is InChI=1S/C26H22N2O2S/c1-19-14-16-22(17-15-19)31(29,30)28-26(21-9-3-2-4-10-21)25(18-27)24-13-7-11-20-8-5-6-12-23(20)24/h2-17,25-26,28H,1H3/t25-,26+/m1/s1. The smallest absolute Gasteiger partial charge is 0.207 e. The van der Waals surface area contributed by atoms with Crippen LogP contribution in [0.15, 0.2) is 102 Å². The number of sulfonamides is 1. The maximum atomic E-state index is 13.2. The molecule has 0 saturated heterocycles. The number of nitriles is 1. The van der Waals surface area contributed by atoms with Gasteiger partial charge in [0, 0.05) is 0 Å². The van der Waals surface area contributed by atoms with Crippen molar-refractivity contribution >= 4 is 20.8 Å². The van der Waals surface area contributed by atoms with Crippen molar-refractivity contribution in [3.05, 3.63) is 114 Å². The van der Waals surface area contributed by atoms with Crippen molar-refractivity contribution in [2.75, 3.05) is 0 Å². The Bertz CT molecular complexity index is 1340. The summed E-state index contributed by atoms with van der Waals surface area (Å²) in [6.07, 6.45) is 0. The summed E-state index contributed by atoms with van der Waals surface area (Å²) in [4.78, 5) is 0.175. The lowest BCUT2D eigenvalue weighted by molar-refractivity contribution is 0.540. The Balaban J connectivity index is 1.83. The maximum Gasteiger partial charge on any atom is 0.241 e. The summed E-state index contributed by atoms with van der Waals surface area (Å²) in [5.41, 5.74) is 2.50. The monoisotopic (exact) mass is 426 g/mol. The van der Waals surface area contributed by atoms with Crippen molar-refractivity contribution in [2.45, 2.75) is 23.8 Å². The van der Waals surface area contributed by atoms with Crippen LogP contribution in [0.5, 0.6) is 0 Å². The summed E-state index contributed by atoms with van der Waals surface area (Å²) in [6.45, 7) is 1.91. The van der Waals surface area contributed by atoms with Crippen LogP contribution in [0.25, 0.3) is 10.8 Å². The lowest BCUT2D eigenvalue weighted by Gasteiger charge is -2.25. The van der Waals surface area contributed by atoms with Gasteiger partial charge in [0.1, 0.15) is 0 Å². The lowest BCUT2D eigenvalue weighted by atomic mass is 9.86. The second kappa shape index (κ2) is 8.73.